The fourth-order valence-corrected chi connectivity index (χ4v) is 5.99. The van der Waals surface area contributed by atoms with Gasteiger partial charge in [-0.2, -0.15) is 0 Å². The molecule has 10 atom stereocenters. The van der Waals surface area contributed by atoms with Crippen molar-refractivity contribution in [2.45, 2.75) is 155 Å². The highest BCUT2D eigenvalue weighted by Crippen LogP contribution is 2.35. The Labute approximate surface area is 324 Å². The average Bonchev–Trinajstić information content (AvgIpc) is 3.09. The molecule has 2 aliphatic heterocycles. The van der Waals surface area contributed by atoms with Gasteiger partial charge in [-0.3, -0.25) is 38.4 Å². The van der Waals surface area contributed by atoms with Gasteiger partial charge in [-0.25, -0.2) is 0 Å². The van der Waals surface area contributed by atoms with E-state index in [0.717, 1.165) is 74.1 Å². The third-order valence-electron chi connectivity index (χ3n) is 8.17. The van der Waals surface area contributed by atoms with E-state index in [-0.39, 0.29) is 12.6 Å². The van der Waals surface area contributed by atoms with Crippen molar-refractivity contribution in [1.82, 2.24) is 0 Å². The predicted molar refractivity (Wildman–Crippen MR) is 184 cm³/mol. The Hall–Kier alpha value is -4.40. The lowest BCUT2D eigenvalue weighted by atomic mass is 9.96. The first kappa shape index (κ1) is 47.8. The number of hydrogen-bond donors (Lipinski definition) is 0. The van der Waals surface area contributed by atoms with E-state index in [1.54, 1.807) is 0 Å². The lowest BCUT2D eigenvalue weighted by molar-refractivity contribution is -0.361. The van der Waals surface area contributed by atoms with Crippen LogP contribution in [0.5, 0.6) is 0 Å². The Kier molecular flexibility index (Phi) is 20.7. The predicted octanol–water partition coefficient (Wildman–Crippen LogP) is 1.53. The van der Waals surface area contributed by atoms with E-state index in [1.807, 2.05) is 0 Å². The molecule has 0 aromatic rings. The van der Waals surface area contributed by atoms with Crippen LogP contribution in [0.15, 0.2) is 0 Å². The summed E-state index contributed by atoms with van der Waals surface area (Å²) in [5.74, 6) is -6.08. The molecule has 0 N–H and O–H groups in total. The van der Waals surface area contributed by atoms with Crippen LogP contribution in [0.3, 0.4) is 0 Å². The SMILES string of the molecule is COC(=O)CCCCCCCCO[C@@H]1O[C@H](COC(C)=O)[C@@H](O[C@@H]2O[C@H](COC(C)=O)[C@H](OC(C)=O)[C@H](OC(C)=O)[C@H]2OC(C)=O)[C@H](OC(C)=O)[C@H]1OC(C)=O. The minimum Gasteiger partial charge on any atom is -0.469 e. The number of rotatable bonds is 21. The van der Waals surface area contributed by atoms with Crippen molar-refractivity contribution >= 4 is 47.8 Å². The molecule has 0 spiro atoms. The van der Waals surface area contributed by atoms with Gasteiger partial charge in [0.25, 0.3) is 0 Å². The summed E-state index contributed by atoms with van der Waals surface area (Å²) >= 11 is 0. The van der Waals surface area contributed by atoms with Gasteiger partial charge in [0.2, 0.25) is 0 Å². The Morgan fingerprint density at radius 3 is 1.32 bits per heavy atom. The summed E-state index contributed by atoms with van der Waals surface area (Å²) < 4.78 is 67.2. The number of ether oxygens (including phenoxy) is 12. The first-order valence-electron chi connectivity index (χ1n) is 18.2. The highest BCUT2D eigenvalue weighted by Gasteiger charge is 2.57. The summed E-state index contributed by atoms with van der Waals surface area (Å²) in [6.07, 6.45) is -10.5. The summed E-state index contributed by atoms with van der Waals surface area (Å²) in [7, 11) is 1.34. The zero-order valence-electron chi connectivity index (χ0n) is 33.0. The smallest absolute Gasteiger partial charge is 0.305 e. The monoisotopic (exact) mass is 806 g/mol. The van der Waals surface area contributed by atoms with Crippen LogP contribution in [0.25, 0.3) is 0 Å². The average molecular weight is 807 g/mol. The second-order valence-corrected chi connectivity index (χ2v) is 13.0. The van der Waals surface area contributed by atoms with Crippen molar-refractivity contribution in [1.29, 1.82) is 0 Å². The molecule has 0 aromatic heterocycles. The maximum Gasteiger partial charge on any atom is 0.305 e. The Morgan fingerprint density at radius 2 is 0.839 bits per heavy atom. The van der Waals surface area contributed by atoms with Gasteiger partial charge in [0.15, 0.2) is 43.1 Å². The minimum atomic E-state index is -1.79. The molecule has 2 rings (SSSR count). The van der Waals surface area contributed by atoms with Crippen molar-refractivity contribution in [2.24, 2.45) is 0 Å². The van der Waals surface area contributed by atoms with E-state index >= 15 is 0 Å². The van der Waals surface area contributed by atoms with Gasteiger partial charge in [0.05, 0.1) is 7.11 Å². The first-order valence-corrected chi connectivity index (χ1v) is 18.2. The van der Waals surface area contributed by atoms with Crippen LogP contribution in [0.4, 0.5) is 0 Å². The van der Waals surface area contributed by atoms with E-state index in [0.29, 0.717) is 19.3 Å². The molecule has 2 aliphatic rings. The third-order valence-corrected chi connectivity index (χ3v) is 8.17. The summed E-state index contributed by atoms with van der Waals surface area (Å²) in [5.41, 5.74) is 0. The summed E-state index contributed by atoms with van der Waals surface area (Å²) in [5, 5.41) is 0. The van der Waals surface area contributed by atoms with Crippen molar-refractivity contribution in [3.05, 3.63) is 0 Å². The molecule has 0 unspecified atom stereocenters. The van der Waals surface area contributed by atoms with Crippen LogP contribution in [-0.4, -0.2) is 136 Å². The summed E-state index contributed by atoms with van der Waals surface area (Å²) in [6, 6.07) is 0. The number of methoxy groups -OCH3 is 1. The largest absolute Gasteiger partial charge is 0.469 e. The third kappa shape index (κ3) is 16.8. The molecule has 0 bridgehead atoms. The molecule has 0 saturated carbocycles. The van der Waals surface area contributed by atoms with Crippen molar-refractivity contribution in [2.75, 3.05) is 26.9 Å². The van der Waals surface area contributed by atoms with E-state index < -0.39 is 116 Å². The molecule has 0 radical (unpaired) electrons. The molecule has 0 amide bonds. The quantitative estimate of drug-likeness (QED) is 0.0906. The van der Waals surface area contributed by atoms with Crippen LogP contribution in [0.2, 0.25) is 0 Å². The molecule has 0 aliphatic carbocycles. The summed E-state index contributed by atoms with van der Waals surface area (Å²) in [6.45, 7) is 6.56. The van der Waals surface area contributed by atoms with Crippen LogP contribution in [0.1, 0.15) is 93.4 Å². The fraction of sp³-hybridized carbons (Fsp3) is 0.778. The van der Waals surface area contributed by atoms with E-state index in [2.05, 4.69) is 4.74 Å². The van der Waals surface area contributed by atoms with Gasteiger partial charge >= 0.3 is 47.8 Å². The van der Waals surface area contributed by atoms with Crippen molar-refractivity contribution in [3.8, 4) is 0 Å². The van der Waals surface area contributed by atoms with Crippen LogP contribution < -0.4 is 0 Å². The fourth-order valence-electron chi connectivity index (χ4n) is 5.99. The topological polar surface area (TPSA) is 247 Å². The van der Waals surface area contributed by atoms with E-state index in [4.69, 9.17) is 52.1 Å². The van der Waals surface area contributed by atoms with Gasteiger partial charge in [-0.05, 0) is 12.8 Å². The van der Waals surface area contributed by atoms with Crippen LogP contribution in [0, 0.1) is 0 Å². The second kappa shape index (κ2) is 24.3. The molecular formula is C36H54O20. The molecule has 2 heterocycles. The molecular weight excluding hydrogens is 752 g/mol. The van der Waals surface area contributed by atoms with Gasteiger partial charge in [-0.15, -0.1) is 0 Å². The maximum atomic E-state index is 12.6. The molecule has 2 saturated heterocycles. The van der Waals surface area contributed by atoms with Crippen molar-refractivity contribution in [3.63, 3.8) is 0 Å². The second-order valence-electron chi connectivity index (χ2n) is 13.0. The van der Waals surface area contributed by atoms with Gasteiger partial charge < -0.3 is 56.8 Å². The highest BCUT2D eigenvalue weighted by molar-refractivity contribution is 5.70. The minimum absolute atomic E-state index is 0.100. The zero-order chi connectivity index (χ0) is 41.9. The van der Waals surface area contributed by atoms with Crippen LogP contribution in [-0.2, 0) is 95.2 Å². The van der Waals surface area contributed by atoms with Gasteiger partial charge in [-0.1, -0.05) is 25.7 Å². The Bertz CT molecular complexity index is 1350. The summed E-state index contributed by atoms with van der Waals surface area (Å²) in [4.78, 5) is 97.1. The van der Waals surface area contributed by atoms with Crippen LogP contribution >= 0.6 is 0 Å². The Morgan fingerprint density at radius 1 is 0.446 bits per heavy atom. The van der Waals surface area contributed by atoms with Gasteiger partial charge in [0, 0.05) is 61.5 Å². The molecule has 2 fully saturated rings. The first-order chi connectivity index (χ1) is 26.4. The molecule has 56 heavy (non-hydrogen) atoms. The number of hydrogen-bond acceptors (Lipinski definition) is 20. The number of unbranched alkanes of at least 4 members (excludes halogenated alkanes) is 5. The lowest BCUT2D eigenvalue weighted by Gasteiger charge is -2.48. The molecule has 20 nitrogen and oxygen atoms in total. The zero-order valence-corrected chi connectivity index (χ0v) is 33.0. The highest BCUT2D eigenvalue weighted by atomic mass is 16.8. The molecule has 0 aromatic carbocycles. The van der Waals surface area contributed by atoms with Crippen molar-refractivity contribution < 1.29 is 95.2 Å². The maximum absolute atomic E-state index is 12.6. The number of esters is 8. The number of carbonyl (C=O) groups excluding carboxylic acids is 8. The Balaban J connectivity index is 2.50. The lowest BCUT2D eigenvalue weighted by Crippen LogP contribution is -2.67. The number of carbonyl (C=O) groups is 8. The molecule has 318 valence electrons. The molecule has 20 heteroatoms. The standard InChI is InChI=1S/C36H54O20/c1-19(37)47-17-26-29(49-21(3)39)31(50-22(4)40)34(53-25(7)43)36(55-26)56-30-27(18-48-20(2)38)54-35(33(52-24(6)42)32(30)51-23(5)41)46-16-14-12-10-9-11-13-15-28(44)45-8/h26-27,29-36H,9-18H2,1-8H3/t26-,27-,29+,30-,31+,32+,33-,34-,35-,36+/m1/s1. The normalized spacial score (nSPS) is 27.1. The van der Waals surface area contributed by atoms with Gasteiger partial charge in [0.1, 0.15) is 31.5 Å². The van der Waals surface area contributed by atoms with E-state index in [9.17, 15) is 38.4 Å². The van der Waals surface area contributed by atoms with E-state index in [1.165, 1.54) is 7.11 Å².